The Kier molecular flexibility index (Phi) is 3.42. The molecule has 0 aromatic heterocycles. The molecule has 1 unspecified atom stereocenters. The molecule has 1 nitrogen and oxygen atoms in total. The lowest BCUT2D eigenvalue weighted by Gasteiger charge is -2.34. The molecule has 1 aromatic rings. The highest BCUT2D eigenvalue weighted by molar-refractivity contribution is 5.15. The average molecular weight is 203 g/mol. The average Bonchev–Trinajstić information content (AvgIpc) is 2.29. The van der Waals surface area contributed by atoms with E-state index >= 15 is 0 Å². The summed E-state index contributed by atoms with van der Waals surface area (Å²) in [5, 5.41) is 3.51. The van der Waals surface area contributed by atoms with Crippen LogP contribution in [0.2, 0.25) is 0 Å². The molecular weight excluding hydrogens is 182 g/mol. The van der Waals surface area contributed by atoms with Crippen molar-refractivity contribution in [1.29, 1.82) is 0 Å². The highest BCUT2D eigenvalue weighted by Crippen LogP contribution is 2.30. The Balaban J connectivity index is 1.87. The Hall–Kier alpha value is -0.820. The molecule has 0 aliphatic carbocycles. The maximum Gasteiger partial charge on any atom is 0.000528 e. The number of piperidine rings is 1. The van der Waals surface area contributed by atoms with E-state index in [1.54, 1.807) is 0 Å². The van der Waals surface area contributed by atoms with Crippen molar-refractivity contribution in [1.82, 2.24) is 5.32 Å². The molecule has 1 fully saturated rings. The first-order valence-electron chi connectivity index (χ1n) is 6.03. The van der Waals surface area contributed by atoms with Crippen molar-refractivity contribution in [2.24, 2.45) is 5.41 Å². The van der Waals surface area contributed by atoms with E-state index in [2.05, 4.69) is 42.6 Å². The number of benzene rings is 1. The minimum absolute atomic E-state index is 0.522. The van der Waals surface area contributed by atoms with E-state index in [4.69, 9.17) is 0 Å². The van der Waals surface area contributed by atoms with Crippen LogP contribution in [0.15, 0.2) is 30.3 Å². The van der Waals surface area contributed by atoms with E-state index < -0.39 is 0 Å². The summed E-state index contributed by atoms with van der Waals surface area (Å²) in [4.78, 5) is 0. The Morgan fingerprint density at radius 3 is 2.73 bits per heavy atom. The predicted molar refractivity (Wildman–Crippen MR) is 65.0 cm³/mol. The Morgan fingerprint density at radius 1 is 1.27 bits per heavy atom. The third kappa shape index (κ3) is 3.07. The van der Waals surface area contributed by atoms with E-state index in [9.17, 15) is 0 Å². The van der Waals surface area contributed by atoms with E-state index in [1.807, 2.05) is 0 Å². The molecule has 1 saturated heterocycles. The summed E-state index contributed by atoms with van der Waals surface area (Å²) < 4.78 is 0. The monoisotopic (exact) mass is 203 g/mol. The molecule has 0 saturated carbocycles. The lowest BCUT2D eigenvalue weighted by atomic mass is 9.78. The van der Waals surface area contributed by atoms with Crippen LogP contribution in [0.1, 0.15) is 31.7 Å². The van der Waals surface area contributed by atoms with Crippen LogP contribution in [-0.4, -0.2) is 13.1 Å². The molecule has 2 rings (SSSR count). The first kappa shape index (κ1) is 10.7. The van der Waals surface area contributed by atoms with Gasteiger partial charge in [0.05, 0.1) is 0 Å². The third-order valence-corrected chi connectivity index (χ3v) is 3.55. The van der Waals surface area contributed by atoms with Crippen LogP contribution in [0.3, 0.4) is 0 Å². The van der Waals surface area contributed by atoms with Gasteiger partial charge in [-0.15, -0.1) is 0 Å². The van der Waals surface area contributed by atoms with Crippen molar-refractivity contribution >= 4 is 0 Å². The molecule has 0 bridgehead atoms. The maximum absolute atomic E-state index is 3.51. The Morgan fingerprint density at radius 2 is 2.07 bits per heavy atom. The quantitative estimate of drug-likeness (QED) is 0.796. The van der Waals surface area contributed by atoms with Gasteiger partial charge in [-0.05, 0) is 43.2 Å². The van der Waals surface area contributed by atoms with Crippen molar-refractivity contribution in [2.45, 2.75) is 32.6 Å². The summed E-state index contributed by atoms with van der Waals surface area (Å²) in [5.41, 5.74) is 2.00. The fraction of sp³-hybridized carbons (Fsp3) is 0.571. The molecule has 1 aromatic carbocycles. The molecular formula is C14H21N. The predicted octanol–water partition coefficient (Wildman–Crippen LogP) is 3.01. The second-order valence-electron chi connectivity index (χ2n) is 5.08. The van der Waals surface area contributed by atoms with E-state index in [-0.39, 0.29) is 0 Å². The summed E-state index contributed by atoms with van der Waals surface area (Å²) in [6.45, 7) is 4.82. The number of aryl methyl sites for hydroxylation is 1. The molecule has 1 atom stereocenters. The van der Waals surface area contributed by atoms with Crippen LogP contribution >= 0.6 is 0 Å². The maximum atomic E-state index is 3.51. The van der Waals surface area contributed by atoms with Gasteiger partial charge in [0, 0.05) is 6.54 Å². The minimum atomic E-state index is 0.522. The molecule has 1 heterocycles. The second-order valence-corrected chi connectivity index (χ2v) is 5.08. The molecule has 1 N–H and O–H groups in total. The molecule has 0 spiro atoms. The van der Waals surface area contributed by atoms with Crippen molar-refractivity contribution in [3.05, 3.63) is 35.9 Å². The van der Waals surface area contributed by atoms with Gasteiger partial charge in [0.25, 0.3) is 0 Å². The van der Waals surface area contributed by atoms with E-state index in [0.717, 1.165) is 0 Å². The summed E-state index contributed by atoms with van der Waals surface area (Å²) in [6.07, 6.45) is 5.25. The van der Waals surface area contributed by atoms with Crippen LogP contribution < -0.4 is 5.32 Å². The molecule has 1 heteroatoms. The molecule has 0 amide bonds. The van der Waals surface area contributed by atoms with Gasteiger partial charge >= 0.3 is 0 Å². The fourth-order valence-electron chi connectivity index (χ4n) is 2.42. The molecule has 15 heavy (non-hydrogen) atoms. The normalized spacial score (nSPS) is 26.5. The lowest BCUT2D eigenvalue weighted by molar-refractivity contribution is 0.218. The van der Waals surface area contributed by atoms with Gasteiger partial charge < -0.3 is 5.32 Å². The van der Waals surface area contributed by atoms with Gasteiger partial charge in [-0.2, -0.15) is 0 Å². The Bertz CT molecular complexity index is 285. The van der Waals surface area contributed by atoms with Gasteiger partial charge in [0.2, 0.25) is 0 Å². The number of nitrogens with one attached hydrogen (secondary N) is 1. The van der Waals surface area contributed by atoms with Crippen LogP contribution in [0.5, 0.6) is 0 Å². The van der Waals surface area contributed by atoms with Crippen molar-refractivity contribution in [3.63, 3.8) is 0 Å². The fourth-order valence-corrected chi connectivity index (χ4v) is 2.42. The van der Waals surface area contributed by atoms with E-state index in [1.165, 1.54) is 44.3 Å². The first-order valence-corrected chi connectivity index (χ1v) is 6.03. The van der Waals surface area contributed by atoms with Gasteiger partial charge in [0.1, 0.15) is 0 Å². The van der Waals surface area contributed by atoms with Crippen molar-refractivity contribution in [3.8, 4) is 0 Å². The zero-order valence-corrected chi connectivity index (χ0v) is 9.63. The molecule has 1 aliphatic rings. The van der Waals surface area contributed by atoms with Crippen LogP contribution in [-0.2, 0) is 6.42 Å². The van der Waals surface area contributed by atoms with Gasteiger partial charge in [-0.25, -0.2) is 0 Å². The molecule has 1 aliphatic heterocycles. The summed E-state index contributed by atoms with van der Waals surface area (Å²) in [5.74, 6) is 0. The number of rotatable bonds is 3. The van der Waals surface area contributed by atoms with Gasteiger partial charge in [-0.1, -0.05) is 37.3 Å². The van der Waals surface area contributed by atoms with Gasteiger partial charge in [0.15, 0.2) is 0 Å². The van der Waals surface area contributed by atoms with E-state index in [0.29, 0.717) is 5.41 Å². The Labute approximate surface area is 92.9 Å². The summed E-state index contributed by atoms with van der Waals surface area (Å²) in [7, 11) is 0. The highest BCUT2D eigenvalue weighted by atomic mass is 14.9. The second kappa shape index (κ2) is 4.80. The first-order chi connectivity index (χ1) is 7.29. The number of hydrogen-bond donors (Lipinski definition) is 1. The third-order valence-electron chi connectivity index (χ3n) is 3.55. The van der Waals surface area contributed by atoms with Crippen molar-refractivity contribution in [2.75, 3.05) is 13.1 Å². The van der Waals surface area contributed by atoms with Crippen LogP contribution in [0.25, 0.3) is 0 Å². The zero-order chi connectivity index (χ0) is 10.6. The SMILES string of the molecule is CC1(CCc2ccccc2)CCCNC1. The topological polar surface area (TPSA) is 12.0 Å². The summed E-state index contributed by atoms with van der Waals surface area (Å²) in [6, 6.07) is 10.8. The zero-order valence-electron chi connectivity index (χ0n) is 9.63. The largest absolute Gasteiger partial charge is 0.316 e. The summed E-state index contributed by atoms with van der Waals surface area (Å²) >= 11 is 0. The smallest absolute Gasteiger partial charge is 0.000528 e. The van der Waals surface area contributed by atoms with Gasteiger partial charge in [-0.3, -0.25) is 0 Å². The molecule has 0 radical (unpaired) electrons. The lowest BCUT2D eigenvalue weighted by Crippen LogP contribution is -2.38. The standard InChI is InChI=1S/C14H21N/c1-14(9-5-11-15-12-14)10-8-13-6-3-2-4-7-13/h2-4,6-7,15H,5,8-12H2,1H3. The highest BCUT2D eigenvalue weighted by Gasteiger charge is 2.25. The minimum Gasteiger partial charge on any atom is -0.316 e. The molecule has 82 valence electrons. The van der Waals surface area contributed by atoms with Crippen molar-refractivity contribution < 1.29 is 0 Å². The number of hydrogen-bond acceptors (Lipinski definition) is 1. The van der Waals surface area contributed by atoms with Crippen LogP contribution in [0, 0.1) is 5.41 Å². The van der Waals surface area contributed by atoms with Crippen LogP contribution in [0.4, 0.5) is 0 Å².